The average Bonchev–Trinajstić information content (AvgIpc) is 3.35. The Bertz CT molecular complexity index is 1200. The van der Waals surface area contributed by atoms with Gasteiger partial charge in [-0.3, -0.25) is 4.79 Å². The first-order valence-electron chi connectivity index (χ1n) is 10.4. The lowest BCUT2D eigenvalue weighted by Crippen LogP contribution is -2.05. The predicted molar refractivity (Wildman–Crippen MR) is 124 cm³/mol. The molecule has 2 aromatic carbocycles. The number of nitrogen functional groups attached to an aromatic ring is 1. The number of nitrogens with two attached hydrogens (primary N) is 1. The Hall–Kier alpha value is -3.52. The lowest BCUT2D eigenvalue weighted by Gasteiger charge is -2.10. The quantitative estimate of drug-likeness (QED) is 0.208. The van der Waals surface area contributed by atoms with Gasteiger partial charge in [0.2, 0.25) is 0 Å². The molecule has 32 heavy (non-hydrogen) atoms. The number of fused-ring (bicyclic) bond motifs is 1. The van der Waals surface area contributed by atoms with Crippen LogP contribution in [0.2, 0.25) is 0 Å². The Morgan fingerprint density at radius 1 is 1.06 bits per heavy atom. The molecule has 0 bridgehead atoms. The molecule has 0 unspecified atom stereocenters. The Morgan fingerprint density at radius 3 is 2.62 bits per heavy atom. The van der Waals surface area contributed by atoms with Crippen LogP contribution in [0.4, 0.5) is 5.69 Å². The zero-order valence-corrected chi connectivity index (χ0v) is 18.2. The van der Waals surface area contributed by atoms with Gasteiger partial charge in [-0.2, -0.15) is 0 Å². The summed E-state index contributed by atoms with van der Waals surface area (Å²) in [6, 6.07) is 14.4. The summed E-state index contributed by atoms with van der Waals surface area (Å²) < 4.78 is 5.77. The Morgan fingerprint density at radius 2 is 1.88 bits per heavy atom. The van der Waals surface area contributed by atoms with E-state index >= 15 is 0 Å². The minimum absolute atomic E-state index is 0.137. The number of benzene rings is 2. The summed E-state index contributed by atoms with van der Waals surface area (Å²) in [6.07, 6.45) is 4.21. The van der Waals surface area contributed by atoms with Gasteiger partial charge in [0.25, 0.3) is 0 Å². The highest BCUT2D eigenvalue weighted by atomic mass is 35.5. The molecule has 2 aromatic heterocycles. The molecule has 2 heterocycles. The zero-order chi connectivity index (χ0) is 22.3. The van der Waals surface area contributed by atoms with Gasteiger partial charge in [0.15, 0.2) is 11.6 Å². The number of tetrazole rings is 1. The van der Waals surface area contributed by atoms with Gasteiger partial charge in [-0.15, -0.1) is 16.7 Å². The Labute approximate surface area is 190 Å². The third-order valence-corrected chi connectivity index (χ3v) is 5.37. The van der Waals surface area contributed by atoms with Gasteiger partial charge < -0.3 is 10.5 Å². The van der Waals surface area contributed by atoms with Crippen molar-refractivity contribution in [2.24, 2.45) is 0 Å². The van der Waals surface area contributed by atoms with E-state index in [1.807, 2.05) is 24.3 Å². The second-order valence-electron chi connectivity index (χ2n) is 7.36. The molecule has 4 rings (SSSR count). The van der Waals surface area contributed by atoms with E-state index in [0.717, 1.165) is 36.8 Å². The molecule has 0 fully saturated rings. The number of para-hydroxylation sites is 1. The molecule has 0 saturated heterocycles. The number of alkyl halides is 1. The third kappa shape index (κ3) is 4.86. The van der Waals surface area contributed by atoms with Crippen molar-refractivity contribution in [1.29, 1.82) is 0 Å². The first-order chi connectivity index (χ1) is 15.7. The summed E-state index contributed by atoms with van der Waals surface area (Å²) in [7, 11) is 0. The first-order valence-corrected chi connectivity index (χ1v) is 11.0. The first kappa shape index (κ1) is 21.7. The number of aromatic nitrogens is 5. The van der Waals surface area contributed by atoms with Crippen LogP contribution >= 0.6 is 11.6 Å². The fourth-order valence-electron chi connectivity index (χ4n) is 3.45. The summed E-state index contributed by atoms with van der Waals surface area (Å²) in [6.45, 7) is 0.642. The molecule has 9 heteroatoms. The molecule has 8 nitrogen and oxygen atoms in total. The molecule has 0 atom stereocenters. The number of ketones is 1. The highest BCUT2D eigenvalue weighted by Gasteiger charge is 2.17. The van der Waals surface area contributed by atoms with Crippen molar-refractivity contribution in [1.82, 2.24) is 25.6 Å². The monoisotopic (exact) mass is 450 g/mol. The fourth-order valence-corrected chi connectivity index (χ4v) is 3.63. The topological polar surface area (TPSA) is 120 Å². The van der Waals surface area contributed by atoms with Crippen LogP contribution in [0.5, 0.6) is 5.75 Å². The number of anilines is 1. The molecule has 0 amide bonds. The minimum atomic E-state index is -0.137. The number of H-pyrrole nitrogens is 1. The van der Waals surface area contributed by atoms with Gasteiger partial charge in [0.1, 0.15) is 11.4 Å². The summed E-state index contributed by atoms with van der Waals surface area (Å²) in [5.74, 6) is 1.65. The van der Waals surface area contributed by atoms with Gasteiger partial charge in [0, 0.05) is 22.4 Å². The highest BCUT2D eigenvalue weighted by Crippen LogP contribution is 2.28. The summed E-state index contributed by atoms with van der Waals surface area (Å²) in [4.78, 5) is 17.8. The smallest absolute Gasteiger partial charge is 0.200 e. The number of unbranched alkanes of at least 4 members (excludes halogenated alkanes) is 3. The molecular formula is C23H23ClN6O2. The van der Waals surface area contributed by atoms with Crippen molar-refractivity contribution in [3.63, 3.8) is 0 Å². The van der Waals surface area contributed by atoms with Crippen LogP contribution in [0.3, 0.4) is 0 Å². The second kappa shape index (κ2) is 10.2. The van der Waals surface area contributed by atoms with E-state index in [1.165, 1.54) is 0 Å². The standard InChI is InChI=1S/C23H23ClN6O2/c24-12-3-1-2-4-13-32-17-10-8-15(9-11-17)22(31)18-7-5-6-16-14-19(25)21(26-20(16)18)23-27-29-30-28-23/h5-11,14H,1-4,12-13,25H2,(H,27,28,29,30). The maximum Gasteiger partial charge on any atom is 0.200 e. The summed E-state index contributed by atoms with van der Waals surface area (Å²) >= 11 is 5.69. The van der Waals surface area contributed by atoms with Crippen LogP contribution in [0.25, 0.3) is 22.4 Å². The fraction of sp³-hybridized carbons (Fsp3) is 0.261. The van der Waals surface area contributed by atoms with Crippen molar-refractivity contribution in [2.45, 2.75) is 25.7 Å². The number of nitrogens with zero attached hydrogens (tertiary/aromatic N) is 4. The molecule has 0 radical (unpaired) electrons. The van der Waals surface area contributed by atoms with Gasteiger partial charge >= 0.3 is 0 Å². The third-order valence-electron chi connectivity index (χ3n) is 5.10. The Balaban J connectivity index is 1.53. The molecule has 0 aliphatic rings. The van der Waals surface area contributed by atoms with Gasteiger partial charge in [-0.25, -0.2) is 10.1 Å². The molecule has 0 aliphatic carbocycles. The number of aromatic amines is 1. The van der Waals surface area contributed by atoms with E-state index in [1.54, 1.807) is 24.3 Å². The normalized spacial score (nSPS) is 11.0. The molecule has 4 aromatic rings. The van der Waals surface area contributed by atoms with Crippen molar-refractivity contribution < 1.29 is 9.53 Å². The lowest BCUT2D eigenvalue weighted by atomic mass is 9.99. The van der Waals surface area contributed by atoms with Crippen LogP contribution in [0, 0.1) is 0 Å². The average molecular weight is 451 g/mol. The van der Waals surface area contributed by atoms with Crippen LogP contribution in [0.15, 0.2) is 48.5 Å². The number of ether oxygens (including phenoxy) is 1. The number of nitrogens with one attached hydrogen (secondary N) is 1. The Kier molecular flexibility index (Phi) is 6.91. The molecular weight excluding hydrogens is 428 g/mol. The van der Waals surface area contributed by atoms with Crippen LogP contribution in [-0.2, 0) is 0 Å². The SMILES string of the molecule is Nc1cc2cccc(C(=O)c3ccc(OCCCCCCCl)cc3)c2nc1-c1nnn[nH]1. The summed E-state index contributed by atoms with van der Waals surface area (Å²) in [5, 5.41) is 14.4. The highest BCUT2D eigenvalue weighted by molar-refractivity contribution is 6.17. The molecule has 0 saturated carbocycles. The van der Waals surface area contributed by atoms with E-state index < -0.39 is 0 Å². The molecule has 164 valence electrons. The molecule has 3 N–H and O–H groups in total. The van der Waals surface area contributed by atoms with E-state index in [9.17, 15) is 4.79 Å². The molecule has 0 aliphatic heterocycles. The van der Waals surface area contributed by atoms with Crippen molar-refractivity contribution in [3.05, 3.63) is 59.7 Å². The largest absolute Gasteiger partial charge is 0.494 e. The zero-order valence-electron chi connectivity index (χ0n) is 17.4. The number of carbonyl (C=O) groups excluding carboxylic acids is 1. The van der Waals surface area contributed by atoms with Gasteiger partial charge in [0.05, 0.1) is 17.8 Å². The van der Waals surface area contributed by atoms with Crippen LogP contribution in [-0.4, -0.2) is 43.9 Å². The van der Waals surface area contributed by atoms with Crippen LogP contribution < -0.4 is 10.5 Å². The van der Waals surface area contributed by atoms with E-state index in [2.05, 4.69) is 25.6 Å². The minimum Gasteiger partial charge on any atom is -0.494 e. The lowest BCUT2D eigenvalue weighted by molar-refractivity contribution is 0.104. The van der Waals surface area contributed by atoms with Gasteiger partial charge in [-0.1, -0.05) is 25.0 Å². The molecule has 0 spiro atoms. The number of hydrogen-bond acceptors (Lipinski definition) is 7. The maximum atomic E-state index is 13.2. The number of halogens is 1. The van der Waals surface area contributed by atoms with Crippen molar-refractivity contribution >= 4 is 34.0 Å². The second-order valence-corrected chi connectivity index (χ2v) is 7.74. The number of hydrogen-bond donors (Lipinski definition) is 2. The summed E-state index contributed by atoms with van der Waals surface area (Å²) in [5.41, 5.74) is 8.51. The van der Waals surface area contributed by atoms with E-state index in [0.29, 0.717) is 46.3 Å². The van der Waals surface area contributed by atoms with Crippen molar-refractivity contribution in [3.8, 4) is 17.3 Å². The number of rotatable bonds is 10. The maximum absolute atomic E-state index is 13.2. The van der Waals surface area contributed by atoms with Crippen molar-refractivity contribution in [2.75, 3.05) is 18.2 Å². The van der Waals surface area contributed by atoms with Crippen LogP contribution in [0.1, 0.15) is 41.6 Å². The van der Waals surface area contributed by atoms with E-state index in [-0.39, 0.29) is 5.78 Å². The van der Waals surface area contributed by atoms with E-state index in [4.69, 9.17) is 22.1 Å². The van der Waals surface area contributed by atoms with Gasteiger partial charge in [-0.05, 0) is 59.7 Å². The predicted octanol–water partition coefficient (Wildman–Crippen LogP) is 4.41. The number of pyridine rings is 1. The number of carbonyl (C=O) groups is 1.